The lowest BCUT2D eigenvalue weighted by Crippen LogP contribution is -2.50. The number of aromatic nitrogens is 1. The predicted molar refractivity (Wildman–Crippen MR) is 77.4 cm³/mol. The van der Waals surface area contributed by atoms with E-state index in [9.17, 15) is 27.9 Å². The van der Waals surface area contributed by atoms with Gasteiger partial charge in [-0.05, 0) is 43.7 Å². The van der Waals surface area contributed by atoms with Crippen molar-refractivity contribution in [3.8, 4) is 0 Å². The fraction of sp³-hybridized carbons (Fsp3) is 0.533. The third-order valence-corrected chi connectivity index (χ3v) is 4.70. The molecule has 3 rings (SSSR count). The van der Waals surface area contributed by atoms with Crippen molar-refractivity contribution in [1.82, 2.24) is 9.88 Å². The Hall–Kier alpha value is -2.32. The number of alkyl halides is 3. The highest BCUT2D eigenvalue weighted by Crippen LogP contribution is 2.42. The van der Waals surface area contributed by atoms with E-state index >= 15 is 0 Å². The summed E-state index contributed by atoms with van der Waals surface area (Å²) in [4.78, 5) is 28.5. The first kappa shape index (κ1) is 16.5. The number of piperidine rings is 1. The highest BCUT2D eigenvalue weighted by atomic mass is 19.4. The molecule has 2 heterocycles. The van der Waals surface area contributed by atoms with E-state index in [2.05, 4.69) is 10.3 Å². The second-order valence-electron chi connectivity index (χ2n) is 6.21. The highest BCUT2D eigenvalue weighted by Gasteiger charge is 2.51. The number of pyridine rings is 1. The lowest BCUT2D eigenvalue weighted by molar-refractivity contribution is -0.141. The van der Waals surface area contributed by atoms with Gasteiger partial charge in [-0.2, -0.15) is 13.2 Å². The van der Waals surface area contributed by atoms with Crippen LogP contribution >= 0.6 is 0 Å². The Morgan fingerprint density at radius 3 is 2.67 bits per heavy atom. The van der Waals surface area contributed by atoms with Crippen molar-refractivity contribution < 1.29 is 27.9 Å². The highest BCUT2D eigenvalue weighted by molar-refractivity contribution is 5.97. The van der Waals surface area contributed by atoms with Gasteiger partial charge in [0.2, 0.25) is 5.91 Å². The number of hydrogen-bond acceptors (Lipinski definition) is 3. The molecule has 1 aliphatic carbocycles. The molecule has 1 aliphatic heterocycles. The second kappa shape index (κ2) is 5.64. The minimum Gasteiger partial charge on any atom is -0.465 e. The molecule has 2 N–H and O–H groups in total. The van der Waals surface area contributed by atoms with Crippen LogP contribution in [0.4, 0.5) is 23.8 Å². The van der Waals surface area contributed by atoms with Crippen LogP contribution in [-0.4, -0.2) is 39.1 Å². The Morgan fingerprint density at radius 1 is 1.33 bits per heavy atom. The van der Waals surface area contributed by atoms with Gasteiger partial charge in [-0.3, -0.25) is 9.69 Å². The van der Waals surface area contributed by atoms with E-state index in [-0.39, 0.29) is 17.8 Å². The van der Waals surface area contributed by atoms with Crippen molar-refractivity contribution in [3.63, 3.8) is 0 Å². The lowest BCUT2D eigenvalue weighted by Gasteiger charge is -2.32. The maximum Gasteiger partial charge on any atom is 0.433 e. The average molecular weight is 343 g/mol. The van der Waals surface area contributed by atoms with E-state index < -0.39 is 29.9 Å². The molecule has 0 radical (unpaired) electrons. The number of amides is 2. The summed E-state index contributed by atoms with van der Waals surface area (Å²) in [5.41, 5.74) is -0.729. The van der Waals surface area contributed by atoms with Crippen LogP contribution < -0.4 is 5.32 Å². The smallest absolute Gasteiger partial charge is 0.433 e. The number of rotatable bonds is 2. The number of hydrogen-bond donors (Lipinski definition) is 2. The molecule has 0 spiro atoms. The fourth-order valence-corrected chi connectivity index (χ4v) is 3.60. The maximum absolute atomic E-state index is 12.8. The minimum atomic E-state index is -4.62. The third-order valence-electron chi connectivity index (χ3n) is 4.70. The quantitative estimate of drug-likeness (QED) is 0.865. The zero-order chi connectivity index (χ0) is 17.6. The molecule has 24 heavy (non-hydrogen) atoms. The van der Waals surface area contributed by atoms with Crippen LogP contribution in [0, 0.1) is 12.8 Å². The van der Waals surface area contributed by atoms with Gasteiger partial charge in [-0.25, -0.2) is 9.78 Å². The summed E-state index contributed by atoms with van der Waals surface area (Å²) in [6.45, 7) is 1.53. The van der Waals surface area contributed by atoms with Crippen molar-refractivity contribution in [2.75, 3.05) is 5.32 Å². The lowest BCUT2D eigenvalue weighted by atomic mass is 9.98. The first-order valence-electron chi connectivity index (χ1n) is 7.55. The number of aryl methyl sites for hydroxylation is 1. The van der Waals surface area contributed by atoms with Gasteiger partial charge in [0, 0.05) is 6.04 Å². The second-order valence-corrected chi connectivity index (χ2v) is 6.21. The van der Waals surface area contributed by atoms with Crippen LogP contribution in [0.2, 0.25) is 0 Å². The van der Waals surface area contributed by atoms with Crippen LogP contribution in [0.25, 0.3) is 0 Å². The number of fused-ring (bicyclic) bond motifs is 2. The molecule has 2 bridgehead atoms. The summed E-state index contributed by atoms with van der Waals surface area (Å²) in [5.74, 6) is -0.917. The maximum atomic E-state index is 12.8. The number of carbonyl (C=O) groups excluding carboxylic acids is 1. The molecule has 2 aliphatic rings. The van der Waals surface area contributed by atoms with Gasteiger partial charge in [0.1, 0.15) is 17.6 Å². The van der Waals surface area contributed by atoms with Gasteiger partial charge in [0.25, 0.3) is 0 Å². The molecule has 130 valence electrons. The first-order chi connectivity index (χ1) is 11.2. The summed E-state index contributed by atoms with van der Waals surface area (Å²) in [6.07, 6.45) is -3.74. The Kier molecular flexibility index (Phi) is 3.89. The molecule has 9 heteroatoms. The van der Waals surface area contributed by atoms with Gasteiger partial charge >= 0.3 is 12.3 Å². The molecule has 0 aromatic carbocycles. The molecule has 1 saturated carbocycles. The molecule has 1 aromatic rings. The summed E-state index contributed by atoms with van der Waals surface area (Å²) < 4.78 is 38.3. The van der Waals surface area contributed by atoms with Gasteiger partial charge in [0.15, 0.2) is 0 Å². The predicted octanol–water partition coefficient (Wildman–Crippen LogP) is 2.88. The molecular weight excluding hydrogens is 327 g/mol. The van der Waals surface area contributed by atoms with Crippen molar-refractivity contribution in [2.24, 2.45) is 5.92 Å². The van der Waals surface area contributed by atoms with E-state index in [0.29, 0.717) is 18.4 Å². The monoisotopic (exact) mass is 343 g/mol. The van der Waals surface area contributed by atoms with E-state index in [0.717, 1.165) is 17.4 Å². The fourth-order valence-electron chi connectivity index (χ4n) is 3.60. The molecule has 0 unspecified atom stereocenters. The van der Waals surface area contributed by atoms with E-state index in [1.54, 1.807) is 0 Å². The van der Waals surface area contributed by atoms with E-state index in [1.165, 1.54) is 13.0 Å². The number of carbonyl (C=O) groups is 2. The molecule has 1 aromatic heterocycles. The molecule has 6 nitrogen and oxygen atoms in total. The Labute approximate surface area is 135 Å². The molecule has 1 saturated heterocycles. The van der Waals surface area contributed by atoms with Crippen molar-refractivity contribution in [1.29, 1.82) is 0 Å². The molecule has 2 fully saturated rings. The minimum absolute atomic E-state index is 0.0998. The Bertz CT molecular complexity index is 692. The Balaban J connectivity index is 1.83. The summed E-state index contributed by atoms with van der Waals surface area (Å²) >= 11 is 0. The van der Waals surface area contributed by atoms with Crippen LogP contribution in [0.5, 0.6) is 0 Å². The number of nitrogens with zero attached hydrogens (tertiary/aromatic N) is 2. The first-order valence-corrected chi connectivity index (χ1v) is 7.55. The topological polar surface area (TPSA) is 82.5 Å². The number of carboxylic acid groups (broad SMARTS) is 1. The van der Waals surface area contributed by atoms with Gasteiger partial charge in [0.05, 0.1) is 0 Å². The Morgan fingerprint density at radius 2 is 2.04 bits per heavy atom. The van der Waals surface area contributed by atoms with Crippen LogP contribution in [0.1, 0.15) is 30.5 Å². The van der Waals surface area contributed by atoms with Gasteiger partial charge in [-0.1, -0.05) is 6.07 Å². The summed E-state index contributed by atoms with van der Waals surface area (Å²) in [6, 6.07) is 0.989. The van der Waals surface area contributed by atoms with Crippen LogP contribution in [0.3, 0.4) is 0 Å². The zero-order valence-corrected chi connectivity index (χ0v) is 12.8. The number of anilines is 1. The van der Waals surface area contributed by atoms with Crippen molar-refractivity contribution >= 4 is 17.8 Å². The number of nitrogens with one attached hydrogen (secondary N) is 1. The van der Waals surface area contributed by atoms with Crippen molar-refractivity contribution in [2.45, 2.75) is 44.4 Å². The van der Waals surface area contributed by atoms with Crippen molar-refractivity contribution in [3.05, 3.63) is 23.4 Å². The van der Waals surface area contributed by atoms with E-state index in [1.807, 2.05) is 0 Å². The average Bonchev–Trinajstić information content (AvgIpc) is 3.08. The zero-order valence-electron chi connectivity index (χ0n) is 12.8. The SMILES string of the molecule is Cc1ccc(C(F)(F)F)nc1NC(=O)[C@@H]1[C@@H]2CC[C@@H](C2)N1C(=O)O. The van der Waals surface area contributed by atoms with Gasteiger partial charge < -0.3 is 10.4 Å². The normalized spacial score (nSPS) is 25.8. The largest absolute Gasteiger partial charge is 0.465 e. The number of halogens is 3. The molecule has 2 amide bonds. The van der Waals surface area contributed by atoms with Gasteiger partial charge in [-0.15, -0.1) is 0 Å². The standard InChI is InChI=1S/C15H16F3N3O3/c1-7-2-5-10(15(16,17)18)19-12(7)20-13(22)11-8-3-4-9(6-8)21(11)14(23)24/h2,5,8-9,11H,3-4,6H2,1H3,(H,23,24)(H,19,20,22)/t8-,9+,11+/m1/s1. The van der Waals surface area contributed by atoms with Crippen LogP contribution in [0.15, 0.2) is 12.1 Å². The van der Waals surface area contributed by atoms with E-state index in [4.69, 9.17) is 0 Å². The molecule has 3 atom stereocenters. The number of likely N-dealkylation sites (tertiary alicyclic amines) is 1. The van der Waals surface area contributed by atoms with Crippen LogP contribution in [-0.2, 0) is 11.0 Å². The summed E-state index contributed by atoms with van der Waals surface area (Å²) in [5, 5.41) is 11.7. The molecular formula is C15H16F3N3O3. The third kappa shape index (κ3) is 2.78. The summed E-state index contributed by atoms with van der Waals surface area (Å²) in [7, 11) is 0.